The minimum atomic E-state index is 0.361. The van der Waals surface area contributed by atoms with Crippen LogP contribution < -0.4 is 5.73 Å². The zero-order chi connectivity index (χ0) is 9.40. The van der Waals surface area contributed by atoms with Gasteiger partial charge >= 0.3 is 0 Å². The van der Waals surface area contributed by atoms with Gasteiger partial charge in [0, 0.05) is 19.8 Å². The molecule has 0 aromatic carbocycles. The fraction of sp³-hybridized carbons (Fsp3) is 1.00. The summed E-state index contributed by atoms with van der Waals surface area (Å²) in [4.78, 5) is 0. The Kier molecular flexibility index (Phi) is 7.51. The molecule has 0 saturated heterocycles. The molecule has 2 nitrogen and oxygen atoms in total. The second-order valence-corrected chi connectivity index (χ2v) is 3.56. The molecule has 0 saturated carbocycles. The average Bonchev–Trinajstić information content (AvgIpc) is 2.05. The quantitative estimate of drug-likeness (QED) is 0.599. The number of ether oxygens (including phenoxy) is 1. The zero-order valence-electron chi connectivity index (χ0n) is 8.68. The largest absolute Gasteiger partial charge is 0.385 e. The van der Waals surface area contributed by atoms with Crippen LogP contribution in [-0.4, -0.2) is 19.8 Å². The van der Waals surface area contributed by atoms with Crippen LogP contribution in [-0.2, 0) is 4.74 Å². The van der Waals surface area contributed by atoms with Crippen molar-refractivity contribution in [3.8, 4) is 0 Å². The van der Waals surface area contributed by atoms with Gasteiger partial charge in [-0.05, 0) is 25.2 Å². The standard InChI is InChI=1S/C10H23NO/c1-4-6-9(2)10(11)7-5-8-12-3/h9-10H,4-8,11H2,1-3H3. The van der Waals surface area contributed by atoms with E-state index in [1.54, 1.807) is 7.11 Å². The van der Waals surface area contributed by atoms with E-state index in [-0.39, 0.29) is 0 Å². The summed E-state index contributed by atoms with van der Waals surface area (Å²) in [6.45, 7) is 5.28. The van der Waals surface area contributed by atoms with Crippen LogP contribution in [0.3, 0.4) is 0 Å². The van der Waals surface area contributed by atoms with E-state index >= 15 is 0 Å². The van der Waals surface area contributed by atoms with Crippen LogP contribution in [0.4, 0.5) is 0 Å². The number of hydrogen-bond acceptors (Lipinski definition) is 2. The van der Waals surface area contributed by atoms with Gasteiger partial charge in [0.05, 0.1) is 0 Å². The highest BCUT2D eigenvalue weighted by Gasteiger charge is 2.10. The molecular weight excluding hydrogens is 150 g/mol. The SMILES string of the molecule is CCCC(C)C(N)CCCOC. The fourth-order valence-electron chi connectivity index (χ4n) is 1.42. The molecule has 0 amide bonds. The lowest BCUT2D eigenvalue weighted by Gasteiger charge is -2.18. The van der Waals surface area contributed by atoms with Crippen LogP contribution in [0.1, 0.15) is 39.5 Å². The summed E-state index contributed by atoms with van der Waals surface area (Å²) >= 11 is 0. The Balaban J connectivity index is 3.35. The van der Waals surface area contributed by atoms with Crippen molar-refractivity contribution in [3.05, 3.63) is 0 Å². The van der Waals surface area contributed by atoms with Crippen LogP contribution in [0.25, 0.3) is 0 Å². The Morgan fingerprint density at radius 1 is 1.33 bits per heavy atom. The number of methoxy groups -OCH3 is 1. The molecule has 12 heavy (non-hydrogen) atoms. The van der Waals surface area contributed by atoms with Gasteiger partial charge in [0.15, 0.2) is 0 Å². The second kappa shape index (κ2) is 7.56. The highest BCUT2D eigenvalue weighted by molar-refractivity contribution is 4.68. The van der Waals surface area contributed by atoms with Crippen LogP contribution in [0.5, 0.6) is 0 Å². The first-order valence-corrected chi connectivity index (χ1v) is 4.96. The third-order valence-electron chi connectivity index (χ3n) is 2.36. The minimum Gasteiger partial charge on any atom is -0.385 e. The van der Waals surface area contributed by atoms with Crippen molar-refractivity contribution in [2.45, 2.75) is 45.6 Å². The highest BCUT2D eigenvalue weighted by atomic mass is 16.5. The van der Waals surface area contributed by atoms with Crippen LogP contribution in [0.15, 0.2) is 0 Å². The molecule has 2 N–H and O–H groups in total. The monoisotopic (exact) mass is 173 g/mol. The van der Waals surface area contributed by atoms with E-state index in [4.69, 9.17) is 10.5 Å². The van der Waals surface area contributed by atoms with Crippen molar-refractivity contribution >= 4 is 0 Å². The first-order chi connectivity index (χ1) is 5.72. The zero-order valence-corrected chi connectivity index (χ0v) is 8.68. The summed E-state index contributed by atoms with van der Waals surface area (Å²) < 4.78 is 4.98. The van der Waals surface area contributed by atoms with Gasteiger partial charge in [-0.2, -0.15) is 0 Å². The molecule has 0 heterocycles. The first-order valence-electron chi connectivity index (χ1n) is 4.96. The molecule has 2 atom stereocenters. The van der Waals surface area contributed by atoms with Crippen molar-refractivity contribution in [3.63, 3.8) is 0 Å². The van der Waals surface area contributed by atoms with Gasteiger partial charge in [0.1, 0.15) is 0 Å². The summed E-state index contributed by atoms with van der Waals surface area (Å²) in [5.74, 6) is 0.659. The average molecular weight is 173 g/mol. The summed E-state index contributed by atoms with van der Waals surface area (Å²) in [5.41, 5.74) is 5.99. The van der Waals surface area contributed by atoms with Gasteiger partial charge in [-0.25, -0.2) is 0 Å². The third-order valence-corrected chi connectivity index (χ3v) is 2.36. The Morgan fingerprint density at radius 2 is 2.00 bits per heavy atom. The molecule has 74 valence electrons. The fourth-order valence-corrected chi connectivity index (χ4v) is 1.42. The Hall–Kier alpha value is -0.0800. The lowest BCUT2D eigenvalue weighted by Crippen LogP contribution is -2.28. The molecule has 0 radical (unpaired) electrons. The van der Waals surface area contributed by atoms with Gasteiger partial charge in [0.25, 0.3) is 0 Å². The summed E-state index contributed by atoms with van der Waals surface area (Å²) in [7, 11) is 1.74. The van der Waals surface area contributed by atoms with Crippen LogP contribution >= 0.6 is 0 Å². The van der Waals surface area contributed by atoms with Gasteiger partial charge in [0.2, 0.25) is 0 Å². The molecule has 0 fully saturated rings. The van der Waals surface area contributed by atoms with Gasteiger partial charge in [-0.3, -0.25) is 0 Å². The number of hydrogen-bond donors (Lipinski definition) is 1. The molecule has 0 rings (SSSR count). The van der Waals surface area contributed by atoms with E-state index in [1.165, 1.54) is 12.8 Å². The lowest BCUT2D eigenvalue weighted by atomic mass is 9.94. The molecule has 2 heteroatoms. The number of rotatable bonds is 7. The van der Waals surface area contributed by atoms with E-state index in [0.717, 1.165) is 19.4 Å². The van der Waals surface area contributed by atoms with E-state index in [2.05, 4.69) is 13.8 Å². The molecule has 0 aliphatic carbocycles. The van der Waals surface area contributed by atoms with Crippen LogP contribution in [0.2, 0.25) is 0 Å². The molecule has 0 bridgehead atoms. The second-order valence-electron chi connectivity index (χ2n) is 3.56. The molecule has 2 unspecified atom stereocenters. The Labute approximate surface area is 76.5 Å². The maximum atomic E-state index is 5.99. The van der Waals surface area contributed by atoms with Crippen molar-refractivity contribution in [2.75, 3.05) is 13.7 Å². The highest BCUT2D eigenvalue weighted by Crippen LogP contribution is 2.12. The topological polar surface area (TPSA) is 35.2 Å². The molecule has 0 aromatic heterocycles. The van der Waals surface area contributed by atoms with E-state index < -0.39 is 0 Å². The molecular formula is C10H23NO. The van der Waals surface area contributed by atoms with Crippen molar-refractivity contribution in [1.82, 2.24) is 0 Å². The molecule has 0 spiro atoms. The van der Waals surface area contributed by atoms with E-state index in [9.17, 15) is 0 Å². The maximum Gasteiger partial charge on any atom is 0.0462 e. The van der Waals surface area contributed by atoms with Gasteiger partial charge in [-0.1, -0.05) is 20.3 Å². The lowest BCUT2D eigenvalue weighted by molar-refractivity contribution is 0.187. The number of nitrogens with two attached hydrogens (primary N) is 1. The van der Waals surface area contributed by atoms with Crippen LogP contribution in [0, 0.1) is 5.92 Å². The molecule has 0 aromatic rings. The van der Waals surface area contributed by atoms with E-state index in [1.807, 2.05) is 0 Å². The van der Waals surface area contributed by atoms with Gasteiger partial charge in [-0.15, -0.1) is 0 Å². The summed E-state index contributed by atoms with van der Waals surface area (Å²) in [6, 6.07) is 0.361. The maximum absolute atomic E-state index is 5.99. The van der Waals surface area contributed by atoms with Crippen molar-refractivity contribution in [2.24, 2.45) is 11.7 Å². The summed E-state index contributed by atoms with van der Waals surface area (Å²) in [6.07, 6.45) is 4.66. The predicted octanol–water partition coefficient (Wildman–Crippen LogP) is 2.18. The van der Waals surface area contributed by atoms with Crippen molar-refractivity contribution < 1.29 is 4.74 Å². The smallest absolute Gasteiger partial charge is 0.0462 e. The van der Waals surface area contributed by atoms with Crippen molar-refractivity contribution in [1.29, 1.82) is 0 Å². The third kappa shape index (κ3) is 5.56. The van der Waals surface area contributed by atoms with Gasteiger partial charge < -0.3 is 10.5 Å². The molecule has 0 aliphatic rings. The Morgan fingerprint density at radius 3 is 2.50 bits per heavy atom. The predicted molar refractivity (Wildman–Crippen MR) is 53.2 cm³/mol. The van der Waals surface area contributed by atoms with E-state index in [0.29, 0.717) is 12.0 Å². The summed E-state index contributed by atoms with van der Waals surface area (Å²) in [5, 5.41) is 0. The normalized spacial score (nSPS) is 16.0. The molecule has 0 aliphatic heterocycles. The first kappa shape index (κ1) is 11.9. The Bertz CT molecular complexity index is 95.8. The minimum absolute atomic E-state index is 0.361.